The molecule has 0 radical (unpaired) electrons. The number of carbonyl (C=O) groups excluding carboxylic acids is 1. The second-order valence-electron chi connectivity index (χ2n) is 7.88. The molecule has 0 saturated carbocycles. The van der Waals surface area contributed by atoms with Crippen LogP contribution in [0.25, 0.3) is 0 Å². The van der Waals surface area contributed by atoms with E-state index in [1.807, 2.05) is 24.3 Å². The summed E-state index contributed by atoms with van der Waals surface area (Å²) in [5.41, 5.74) is 3.31. The van der Waals surface area contributed by atoms with E-state index in [4.69, 9.17) is 0 Å². The third kappa shape index (κ3) is 5.48. The van der Waals surface area contributed by atoms with Crippen LogP contribution in [-0.2, 0) is 4.79 Å². The quantitative estimate of drug-likeness (QED) is 0.453. The van der Waals surface area contributed by atoms with Crippen molar-refractivity contribution in [1.29, 1.82) is 5.26 Å². The lowest BCUT2D eigenvalue weighted by Crippen LogP contribution is -2.30. The van der Waals surface area contributed by atoms with Crippen LogP contribution in [0.1, 0.15) is 68.4 Å². The minimum Gasteiger partial charge on any atom is -0.371 e. The first-order chi connectivity index (χ1) is 14.1. The lowest BCUT2D eigenvalue weighted by Gasteiger charge is -2.32. The van der Waals surface area contributed by atoms with Crippen LogP contribution in [0.15, 0.2) is 53.0 Å². The number of halogens is 1. The fraction of sp³-hybridized carbons (Fsp3) is 0.440. The van der Waals surface area contributed by atoms with Gasteiger partial charge in [0.15, 0.2) is 5.78 Å². The Morgan fingerprint density at radius 3 is 2.45 bits per heavy atom. The molecule has 0 N–H and O–H groups in total. The van der Waals surface area contributed by atoms with Crippen LogP contribution in [0.4, 0.5) is 5.69 Å². The molecule has 2 unspecified atom stereocenters. The predicted octanol–water partition coefficient (Wildman–Crippen LogP) is 6.59. The fourth-order valence-corrected chi connectivity index (χ4v) is 4.58. The summed E-state index contributed by atoms with van der Waals surface area (Å²) in [5.74, 6) is -0.539. The zero-order valence-electron chi connectivity index (χ0n) is 17.1. The van der Waals surface area contributed by atoms with Crippen molar-refractivity contribution >= 4 is 27.4 Å². The van der Waals surface area contributed by atoms with Gasteiger partial charge in [-0.15, -0.1) is 0 Å². The van der Waals surface area contributed by atoms with Gasteiger partial charge in [0.2, 0.25) is 0 Å². The van der Waals surface area contributed by atoms with Gasteiger partial charge in [-0.25, -0.2) is 0 Å². The SMILES string of the molecule is CCCC(CC(=O)C(C#N)c1ccc(Br)cc1)c1ccccc1N1CCCCC1. The Kier molecular flexibility index (Phi) is 7.89. The van der Waals surface area contributed by atoms with E-state index in [-0.39, 0.29) is 11.7 Å². The van der Waals surface area contributed by atoms with Crippen LogP contribution >= 0.6 is 15.9 Å². The van der Waals surface area contributed by atoms with Gasteiger partial charge >= 0.3 is 0 Å². The van der Waals surface area contributed by atoms with Gasteiger partial charge in [-0.2, -0.15) is 5.26 Å². The Labute approximate surface area is 182 Å². The highest BCUT2D eigenvalue weighted by atomic mass is 79.9. The molecule has 2 aromatic carbocycles. The molecule has 0 bridgehead atoms. The predicted molar refractivity (Wildman–Crippen MR) is 122 cm³/mol. The summed E-state index contributed by atoms with van der Waals surface area (Å²) in [4.78, 5) is 15.6. The lowest BCUT2D eigenvalue weighted by atomic mass is 9.83. The van der Waals surface area contributed by atoms with E-state index in [0.29, 0.717) is 6.42 Å². The van der Waals surface area contributed by atoms with Gasteiger partial charge in [-0.3, -0.25) is 4.79 Å². The first-order valence-corrected chi connectivity index (χ1v) is 11.4. The Bertz CT molecular complexity index is 850. The molecular weight excluding hydrogens is 424 g/mol. The van der Waals surface area contributed by atoms with E-state index < -0.39 is 5.92 Å². The molecule has 4 heteroatoms. The maximum atomic E-state index is 13.2. The maximum Gasteiger partial charge on any atom is 0.155 e. The number of nitrogens with zero attached hydrogens (tertiary/aromatic N) is 2. The number of nitriles is 1. The second kappa shape index (κ2) is 10.6. The second-order valence-corrected chi connectivity index (χ2v) is 8.79. The number of anilines is 1. The van der Waals surface area contributed by atoms with Gasteiger partial charge < -0.3 is 4.90 Å². The number of carbonyl (C=O) groups is 1. The number of para-hydroxylation sites is 1. The van der Waals surface area contributed by atoms with Gasteiger partial charge in [0.25, 0.3) is 0 Å². The van der Waals surface area contributed by atoms with Crippen LogP contribution in [0.3, 0.4) is 0 Å². The van der Waals surface area contributed by atoms with E-state index in [1.54, 1.807) is 0 Å². The van der Waals surface area contributed by atoms with Crippen molar-refractivity contribution in [3.63, 3.8) is 0 Å². The third-order valence-corrected chi connectivity index (χ3v) is 6.34. The monoisotopic (exact) mass is 452 g/mol. The highest BCUT2D eigenvalue weighted by Gasteiger charge is 2.26. The van der Waals surface area contributed by atoms with Crippen molar-refractivity contribution in [1.82, 2.24) is 0 Å². The molecule has 0 aliphatic carbocycles. The highest BCUT2D eigenvalue weighted by Crippen LogP contribution is 2.36. The molecule has 2 atom stereocenters. The van der Waals surface area contributed by atoms with E-state index >= 15 is 0 Å². The normalized spacial score (nSPS) is 16.1. The minimum absolute atomic E-state index is 0.0155. The van der Waals surface area contributed by atoms with Gasteiger partial charge in [0.1, 0.15) is 5.92 Å². The molecule has 0 aromatic heterocycles. The summed E-state index contributed by atoms with van der Waals surface area (Å²) in [7, 11) is 0. The van der Waals surface area contributed by atoms with Gasteiger partial charge in [0.05, 0.1) is 6.07 Å². The van der Waals surface area contributed by atoms with Crippen molar-refractivity contribution < 1.29 is 4.79 Å². The molecule has 3 nitrogen and oxygen atoms in total. The molecule has 1 aliphatic heterocycles. The van der Waals surface area contributed by atoms with Crippen molar-refractivity contribution in [2.75, 3.05) is 18.0 Å². The minimum atomic E-state index is -0.704. The Morgan fingerprint density at radius 1 is 1.10 bits per heavy atom. The van der Waals surface area contributed by atoms with E-state index in [0.717, 1.165) is 36.0 Å². The zero-order valence-corrected chi connectivity index (χ0v) is 18.7. The summed E-state index contributed by atoms with van der Waals surface area (Å²) in [6.45, 7) is 4.34. The number of rotatable bonds is 8. The molecule has 1 heterocycles. The van der Waals surface area contributed by atoms with E-state index in [2.05, 4.69) is 58.1 Å². The first kappa shape index (κ1) is 21.6. The van der Waals surface area contributed by atoms with Crippen LogP contribution in [0.2, 0.25) is 0 Å². The standard InChI is InChI=1S/C25H29BrN2O/c1-2-8-20(17-25(29)23(18-27)19-11-13-21(26)14-12-19)22-9-4-5-10-24(22)28-15-6-3-7-16-28/h4-5,9-14,20,23H,2-3,6-8,15-17H2,1H3. The number of ketones is 1. The van der Waals surface area contributed by atoms with Gasteiger partial charge in [-0.1, -0.05) is 59.6 Å². The van der Waals surface area contributed by atoms with Crippen molar-refractivity contribution in [2.24, 2.45) is 0 Å². The largest absolute Gasteiger partial charge is 0.371 e. The van der Waals surface area contributed by atoms with Crippen LogP contribution in [-0.4, -0.2) is 18.9 Å². The molecule has 0 amide bonds. The number of piperidine rings is 1. The fourth-order valence-electron chi connectivity index (χ4n) is 4.32. The zero-order chi connectivity index (χ0) is 20.6. The molecule has 1 fully saturated rings. The topological polar surface area (TPSA) is 44.1 Å². The Hall–Kier alpha value is -2.12. The number of benzene rings is 2. The van der Waals surface area contributed by atoms with Gasteiger partial charge in [0, 0.05) is 29.7 Å². The van der Waals surface area contributed by atoms with Gasteiger partial charge in [-0.05, 0) is 60.9 Å². The van der Waals surface area contributed by atoms with Crippen LogP contribution < -0.4 is 4.90 Å². The third-order valence-electron chi connectivity index (χ3n) is 5.81. The van der Waals surface area contributed by atoms with E-state index in [1.165, 1.54) is 30.5 Å². The Balaban J connectivity index is 1.84. The smallest absolute Gasteiger partial charge is 0.155 e. The summed E-state index contributed by atoms with van der Waals surface area (Å²) in [5, 5.41) is 9.70. The summed E-state index contributed by atoms with van der Waals surface area (Å²) in [6.07, 6.45) is 6.13. The van der Waals surface area contributed by atoms with Crippen LogP contribution in [0.5, 0.6) is 0 Å². The first-order valence-electron chi connectivity index (χ1n) is 10.7. The van der Waals surface area contributed by atoms with Crippen LogP contribution in [0, 0.1) is 11.3 Å². The Morgan fingerprint density at radius 2 is 1.79 bits per heavy atom. The molecule has 1 aliphatic rings. The highest BCUT2D eigenvalue weighted by molar-refractivity contribution is 9.10. The summed E-state index contributed by atoms with van der Waals surface area (Å²) in [6, 6.07) is 18.3. The maximum absolute atomic E-state index is 13.2. The van der Waals surface area contributed by atoms with Crippen molar-refractivity contribution in [2.45, 2.75) is 57.3 Å². The summed E-state index contributed by atoms with van der Waals surface area (Å²) >= 11 is 3.42. The molecule has 2 aromatic rings. The molecule has 0 spiro atoms. The van der Waals surface area contributed by atoms with Crippen molar-refractivity contribution in [3.05, 3.63) is 64.1 Å². The molecule has 3 rings (SSSR count). The number of hydrogen-bond acceptors (Lipinski definition) is 3. The number of Topliss-reactive ketones (excluding diaryl/α,β-unsaturated/α-hetero) is 1. The lowest BCUT2D eigenvalue weighted by molar-refractivity contribution is -0.119. The number of hydrogen-bond donors (Lipinski definition) is 0. The molecule has 29 heavy (non-hydrogen) atoms. The van der Waals surface area contributed by atoms with E-state index in [9.17, 15) is 10.1 Å². The molecule has 1 saturated heterocycles. The van der Waals surface area contributed by atoms with Crippen molar-refractivity contribution in [3.8, 4) is 6.07 Å². The summed E-state index contributed by atoms with van der Waals surface area (Å²) < 4.78 is 0.949. The molecular formula is C25H29BrN2O. The average molecular weight is 453 g/mol. The average Bonchev–Trinajstić information content (AvgIpc) is 2.76. The molecule has 152 valence electrons.